The zero-order chi connectivity index (χ0) is 15.5. The summed E-state index contributed by atoms with van der Waals surface area (Å²) in [7, 11) is 0. The monoisotopic (exact) mass is 287 g/mol. The highest BCUT2D eigenvalue weighted by molar-refractivity contribution is 5.92. The molecule has 0 aliphatic heterocycles. The van der Waals surface area contributed by atoms with Crippen molar-refractivity contribution in [2.24, 2.45) is 5.41 Å². The second-order valence-electron chi connectivity index (χ2n) is 6.05. The maximum absolute atomic E-state index is 11.8. The van der Waals surface area contributed by atoms with Crippen molar-refractivity contribution < 1.29 is 9.21 Å². The largest absolute Gasteiger partial charge is 0.407 e. The van der Waals surface area contributed by atoms with Crippen LogP contribution in [0.15, 0.2) is 28.7 Å². The van der Waals surface area contributed by atoms with Gasteiger partial charge in [0.1, 0.15) is 0 Å². The zero-order valence-electron chi connectivity index (χ0n) is 12.9. The molecule has 5 heteroatoms. The van der Waals surface area contributed by atoms with Crippen LogP contribution in [0.3, 0.4) is 0 Å². The van der Waals surface area contributed by atoms with Gasteiger partial charge in [-0.2, -0.15) is 0 Å². The van der Waals surface area contributed by atoms with Crippen molar-refractivity contribution in [2.45, 2.75) is 40.5 Å². The molecule has 0 unspecified atom stereocenters. The van der Waals surface area contributed by atoms with E-state index < -0.39 is 5.41 Å². The predicted octanol–water partition coefficient (Wildman–Crippen LogP) is 3.21. The first kappa shape index (κ1) is 15.2. The van der Waals surface area contributed by atoms with E-state index in [4.69, 9.17) is 4.42 Å². The molecule has 0 radical (unpaired) electrons. The molecule has 1 aromatic carbocycles. The number of rotatable bonds is 4. The topological polar surface area (TPSA) is 68.0 Å². The molecule has 1 aromatic heterocycles. The fourth-order valence-electron chi connectivity index (χ4n) is 1.73. The van der Waals surface area contributed by atoms with Gasteiger partial charge in [0, 0.05) is 5.41 Å². The van der Waals surface area contributed by atoms with Gasteiger partial charge in [-0.15, -0.1) is 5.10 Å². The molecule has 1 amide bonds. The molecule has 1 heterocycles. The summed E-state index contributed by atoms with van der Waals surface area (Å²) >= 11 is 0. The molecule has 0 saturated carbocycles. The maximum Gasteiger partial charge on any atom is 0.322 e. The van der Waals surface area contributed by atoms with E-state index in [0.717, 1.165) is 12.0 Å². The number of anilines is 1. The van der Waals surface area contributed by atoms with Gasteiger partial charge in [-0.05, 0) is 17.5 Å². The number of nitrogens with one attached hydrogen (secondary N) is 1. The summed E-state index contributed by atoms with van der Waals surface area (Å²) < 4.78 is 5.46. The fraction of sp³-hybridized carbons (Fsp3) is 0.438. The van der Waals surface area contributed by atoms with Crippen LogP contribution in [0, 0.1) is 5.41 Å². The van der Waals surface area contributed by atoms with Gasteiger partial charge in [-0.3, -0.25) is 10.1 Å². The molecule has 1 N–H and O–H groups in total. The fourth-order valence-corrected chi connectivity index (χ4v) is 1.73. The Balaban J connectivity index is 2.01. The Hall–Kier alpha value is -2.17. The Bertz CT molecular complexity index is 609. The number of carbonyl (C=O) groups excluding carboxylic acids is 1. The lowest BCUT2D eigenvalue weighted by atomic mass is 9.96. The lowest BCUT2D eigenvalue weighted by Gasteiger charge is -2.15. The van der Waals surface area contributed by atoms with E-state index in [9.17, 15) is 4.79 Å². The molecule has 0 aliphatic carbocycles. The summed E-state index contributed by atoms with van der Waals surface area (Å²) in [5.74, 6) is 0.341. The van der Waals surface area contributed by atoms with Gasteiger partial charge >= 0.3 is 6.01 Å². The second kappa shape index (κ2) is 6.08. The molecule has 0 spiro atoms. The SMILES string of the molecule is CCc1ccc(Cc2nnc(NC(=O)C(C)(C)C)o2)cc1. The van der Waals surface area contributed by atoms with Crippen LogP contribution in [-0.4, -0.2) is 16.1 Å². The van der Waals surface area contributed by atoms with E-state index in [1.165, 1.54) is 5.56 Å². The van der Waals surface area contributed by atoms with Crippen molar-refractivity contribution >= 4 is 11.9 Å². The van der Waals surface area contributed by atoms with E-state index in [1.54, 1.807) is 0 Å². The smallest absolute Gasteiger partial charge is 0.322 e. The lowest BCUT2D eigenvalue weighted by molar-refractivity contribution is -0.123. The first-order chi connectivity index (χ1) is 9.88. The Morgan fingerprint density at radius 1 is 1.14 bits per heavy atom. The van der Waals surface area contributed by atoms with Gasteiger partial charge in [-0.25, -0.2) is 0 Å². The average molecular weight is 287 g/mol. The molecule has 0 bridgehead atoms. The summed E-state index contributed by atoms with van der Waals surface area (Å²) in [4.78, 5) is 11.8. The molecule has 2 aromatic rings. The Labute approximate surface area is 124 Å². The zero-order valence-corrected chi connectivity index (χ0v) is 12.9. The number of aromatic nitrogens is 2. The number of carbonyl (C=O) groups is 1. The summed E-state index contributed by atoms with van der Waals surface area (Å²) in [5.41, 5.74) is 1.90. The van der Waals surface area contributed by atoms with Gasteiger partial charge < -0.3 is 4.42 Å². The molecule has 5 nitrogen and oxygen atoms in total. The van der Waals surface area contributed by atoms with Crippen LogP contribution in [0.4, 0.5) is 6.01 Å². The third-order valence-corrected chi connectivity index (χ3v) is 3.16. The Kier molecular flexibility index (Phi) is 4.40. The highest BCUT2D eigenvalue weighted by atomic mass is 16.4. The standard InChI is InChI=1S/C16H21N3O2/c1-5-11-6-8-12(9-7-11)10-13-18-19-15(21-13)17-14(20)16(2,3)4/h6-9H,5,10H2,1-4H3,(H,17,19,20). The van der Waals surface area contributed by atoms with E-state index in [-0.39, 0.29) is 11.9 Å². The third kappa shape index (κ3) is 4.15. The number of benzene rings is 1. The van der Waals surface area contributed by atoms with Gasteiger partial charge in [0.25, 0.3) is 0 Å². The Morgan fingerprint density at radius 2 is 1.76 bits per heavy atom. The van der Waals surface area contributed by atoms with Crippen molar-refractivity contribution in [1.29, 1.82) is 0 Å². The van der Waals surface area contributed by atoms with Crippen LogP contribution >= 0.6 is 0 Å². The first-order valence-corrected chi connectivity index (χ1v) is 7.10. The normalized spacial score (nSPS) is 11.4. The van der Waals surface area contributed by atoms with Crippen molar-refractivity contribution in [3.8, 4) is 0 Å². The van der Waals surface area contributed by atoms with Gasteiger partial charge in [0.2, 0.25) is 11.8 Å². The first-order valence-electron chi connectivity index (χ1n) is 7.10. The van der Waals surface area contributed by atoms with Crippen molar-refractivity contribution in [3.63, 3.8) is 0 Å². The van der Waals surface area contributed by atoms with Crippen LogP contribution in [0.2, 0.25) is 0 Å². The summed E-state index contributed by atoms with van der Waals surface area (Å²) in [6.07, 6.45) is 1.58. The van der Waals surface area contributed by atoms with E-state index in [2.05, 4.69) is 46.7 Å². The summed E-state index contributed by atoms with van der Waals surface area (Å²) in [6, 6.07) is 8.43. The minimum Gasteiger partial charge on any atom is -0.407 e. The average Bonchev–Trinajstić information content (AvgIpc) is 2.86. The van der Waals surface area contributed by atoms with Crippen molar-refractivity contribution in [2.75, 3.05) is 5.32 Å². The maximum atomic E-state index is 11.8. The van der Waals surface area contributed by atoms with Gasteiger partial charge in [0.05, 0.1) is 6.42 Å². The third-order valence-electron chi connectivity index (χ3n) is 3.16. The Morgan fingerprint density at radius 3 is 2.33 bits per heavy atom. The molecular formula is C16H21N3O2. The van der Waals surface area contributed by atoms with Gasteiger partial charge in [0.15, 0.2) is 0 Å². The number of hydrogen-bond acceptors (Lipinski definition) is 4. The number of nitrogens with zero attached hydrogens (tertiary/aromatic N) is 2. The minimum absolute atomic E-state index is 0.148. The van der Waals surface area contributed by atoms with Crippen LogP contribution in [0.25, 0.3) is 0 Å². The highest BCUT2D eigenvalue weighted by Crippen LogP contribution is 2.17. The van der Waals surface area contributed by atoms with Crippen LogP contribution < -0.4 is 5.32 Å². The quantitative estimate of drug-likeness (QED) is 0.937. The molecule has 2 rings (SSSR count). The molecule has 21 heavy (non-hydrogen) atoms. The van der Waals surface area contributed by atoms with E-state index in [0.29, 0.717) is 12.3 Å². The summed E-state index contributed by atoms with van der Waals surface area (Å²) in [5, 5.41) is 10.4. The van der Waals surface area contributed by atoms with Gasteiger partial charge in [-0.1, -0.05) is 57.1 Å². The molecule has 0 fully saturated rings. The predicted molar refractivity (Wildman–Crippen MR) is 81.0 cm³/mol. The van der Waals surface area contributed by atoms with E-state index >= 15 is 0 Å². The molecule has 0 atom stereocenters. The lowest BCUT2D eigenvalue weighted by Crippen LogP contribution is -2.27. The van der Waals surface area contributed by atoms with E-state index in [1.807, 2.05) is 20.8 Å². The highest BCUT2D eigenvalue weighted by Gasteiger charge is 2.23. The number of aryl methyl sites for hydroxylation is 1. The second-order valence-corrected chi connectivity index (χ2v) is 6.05. The molecule has 112 valence electrons. The van der Waals surface area contributed by atoms with Crippen LogP contribution in [0.5, 0.6) is 0 Å². The molecular weight excluding hydrogens is 266 g/mol. The summed E-state index contributed by atoms with van der Waals surface area (Å²) in [6.45, 7) is 7.61. The number of amides is 1. The minimum atomic E-state index is -0.495. The molecule has 0 aliphatic rings. The van der Waals surface area contributed by atoms with Crippen molar-refractivity contribution in [1.82, 2.24) is 10.2 Å². The van der Waals surface area contributed by atoms with Crippen LogP contribution in [-0.2, 0) is 17.6 Å². The molecule has 0 saturated heterocycles. The number of hydrogen-bond donors (Lipinski definition) is 1. The van der Waals surface area contributed by atoms with Crippen LogP contribution in [0.1, 0.15) is 44.7 Å². The van der Waals surface area contributed by atoms with Crippen molar-refractivity contribution in [3.05, 3.63) is 41.3 Å².